The van der Waals surface area contributed by atoms with Gasteiger partial charge >= 0.3 is 0 Å². The van der Waals surface area contributed by atoms with Crippen molar-refractivity contribution in [1.29, 1.82) is 0 Å². The second kappa shape index (κ2) is 4.81. The van der Waals surface area contributed by atoms with Crippen LogP contribution in [0.5, 0.6) is 0 Å². The number of aryl methyl sites for hydroxylation is 1. The lowest BCUT2D eigenvalue weighted by Crippen LogP contribution is -1.83. The maximum Gasteiger partial charge on any atom is 0.0220 e. The summed E-state index contributed by atoms with van der Waals surface area (Å²) in [5.74, 6) is 0. The molecule has 2 rings (SSSR count). The zero-order valence-electron chi connectivity index (χ0n) is 7.93. The summed E-state index contributed by atoms with van der Waals surface area (Å²) in [6.45, 7) is 4.00. The highest BCUT2D eigenvalue weighted by Gasteiger charge is 2.01. The molecule has 1 aliphatic carbocycles. The first-order chi connectivity index (χ1) is 5.97. The van der Waals surface area contributed by atoms with E-state index < -0.39 is 0 Å². The molecule has 66 valence electrons. The van der Waals surface area contributed by atoms with Gasteiger partial charge in [0.1, 0.15) is 0 Å². The molecule has 1 heteroatoms. The average Bonchev–Trinajstić information content (AvgIpc) is 2.46. The summed E-state index contributed by atoms with van der Waals surface area (Å²) < 4.78 is 0. The normalized spacial score (nSPS) is 14.2. The summed E-state index contributed by atoms with van der Waals surface area (Å²) in [5.41, 5.74) is 2.77. The molecule has 12 heavy (non-hydrogen) atoms. The van der Waals surface area contributed by atoms with Crippen LogP contribution < -0.4 is 0 Å². The minimum Gasteiger partial charge on any atom is -0.364 e. The molecule has 0 radical (unpaired) electrons. The number of rotatable bonds is 0. The molecule has 0 saturated heterocycles. The van der Waals surface area contributed by atoms with Gasteiger partial charge in [-0.1, -0.05) is 26.0 Å². The first kappa shape index (κ1) is 9.11. The molecule has 0 amide bonds. The molecule has 0 bridgehead atoms. The Labute approximate surface area is 74.5 Å². The molecule has 0 atom stereocenters. The summed E-state index contributed by atoms with van der Waals surface area (Å²) in [5, 5.41) is 0. The third-order valence-corrected chi connectivity index (χ3v) is 1.96. The quantitative estimate of drug-likeness (QED) is 0.603. The smallest absolute Gasteiger partial charge is 0.0220 e. The molecule has 1 aliphatic rings. The molecule has 0 aliphatic heterocycles. The first-order valence-electron chi connectivity index (χ1n) is 4.79. The Bertz CT molecular complexity index is 245. The van der Waals surface area contributed by atoms with Gasteiger partial charge in [0.05, 0.1) is 0 Å². The van der Waals surface area contributed by atoms with Crippen LogP contribution in [-0.4, -0.2) is 4.98 Å². The van der Waals surface area contributed by atoms with Crippen molar-refractivity contribution in [3.63, 3.8) is 0 Å². The average molecular weight is 163 g/mol. The van der Waals surface area contributed by atoms with Crippen molar-refractivity contribution >= 4 is 6.08 Å². The predicted molar refractivity (Wildman–Crippen MR) is 54.1 cm³/mol. The van der Waals surface area contributed by atoms with Crippen LogP contribution >= 0.6 is 0 Å². The topological polar surface area (TPSA) is 15.8 Å². The zero-order chi connectivity index (χ0) is 8.81. The van der Waals surface area contributed by atoms with Crippen LogP contribution in [0.4, 0.5) is 0 Å². The number of nitrogens with one attached hydrogen (secondary N) is 1. The number of allylic oxidation sites excluding steroid dienone is 1. The van der Waals surface area contributed by atoms with E-state index in [2.05, 4.69) is 23.2 Å². The van der Waals surface area contributed by atoms with E-state index in [9.17, 15) is 0 Å². The van der Waals surface area contributed by atoms with Crippen LogP contribution in [-0.2, 0) is 6.42 Å². The van der Waals surface area contributed by atoms with Crippen LogP contribution in [0.15, 0.2) is 18.3 Å². The van der Waals surface area contributed by atoms with Gasteiger partial charge in [-0.05, 0) is 30.9 Å². The third-order valence-electron chi connectivity index (χ3n) is 1.96. The maximum atomic E-state index is 3.25. The lowest BCUT2D eigenvalue weighted by atomic mass is 10.2. The van der Waals surface area contributed by atoms with Gasteiger partial charge in [-0.2, -0.15) is 0 Å². The molecule has 1 N–H and O–H groups in total. The van der Waals surface area contributed by atoms with Crippen molar-refractivity contribution in [3.05, 3.63) is 29.6 Å². The number of aromatic nitrogens is 1. The molecule has 0 saturated carbocycles. The number of H-pyrrole nitrogens is 1. The Kier molecular flexibility index (Phi) is 3.65. The van der Waals surface area contributed by atoms with E-state index in [-0.39, 0.29) is 0 Å². The molecule has 0 unspecified atom stereocenters. The largest absolute Gasteiger partial charge is 0.364 e. The van der Waals surface area contributed by atoms with Gasteiger partial charge in [-0.3, -0.25) is 0 Å². The Morgan fingerprint density at radius 3 is 3.00 bits per heavy atom. The Hall–Kier alpha value is -0.980. The minimum atomic E-state index is 1.20. The first-order valence-corrected chi connectivity index (χ1v) is 4.79. The predicted octanol–water partition coefficient (Wildman–Crippen LogP) is 3.39. The highest BCUT2D eigenvalue weighted by atomic mass is 14.7. The fourth-order valence-electron chi connectivity index (χ4n) is 1.40. The van der Waals surface area contributed by atoms with Crippen molar-refractivity contribution in [3.8, 4) is 0 Å². The van der Waals surface area contributed by atoms with Gasteiger partial charge in [0, 0.05) is 11.9 Å². The standard InChI is InChI=1S/C9H11N.C2H6/c1-2-4-8-6-7-10-9(8)5-3-1;1-2/h2,4,6-7,10H,1,3,5H2;1-2H3. The van der Waals surface area contributed by atoms with E-state index >= 15 is 0 Å². The number of aromatic amines is 1. The highest BCUT2D eigenvalue weighted by Crippen LogP contribution is 2.16. The fourth-order valence-corrected chi connectivity index (χ4v) is 1.40. The van der Waals surface area contributed by atoms with Crippen molar-refractivity contribution in [2.75, 3.05) is 0 Å². The number of hydrogen-bond acceptors (Lipinski definition) is 0. The highest BCUT2D eigenvalue weighted by molar-refractivity contribution is 5.52. The van der Waals surface area contributed by atoms with Crippen LogP contribution in [0.2, 0.25) is 0 Å². The van der Waals surface area contributed by atoms with Crippen LogP contribution in [0, 0.1) is 0 Å². The molecule has 0 spiro atoms. The van der Waals surface area contributed by atoms with Crippen molar-refractivity contribution in [2.24, 2.45) is 0 Å². The van der Waals surface area contributed by atoms with Crippen LogP contribution in [0.25, 0.3) is 6.08 Å². The Balaban J connectivity index is 0.000000336. The van der Waals surface area contributed by atoms with Gasteiger partial charge in [0.2, 0.25) is 0 Å². The lowest BCUT2D eigenvalue weighted by Gasteiger charge is -1.93. The lowest BCUT2D eigenvalue weighted by molar-refractivity contribution is 0.832. The molecule has 1 heterocycles. The number of fused-ring (bicyclic) bond motifs is 1. The van der Waals surface area contributed by atoms with Crippen LogP contribution in [0.1, 0.15) is 37.9 Å². The van der Waals surface area contributed by atoms with Crippen molar-refractivity contribution < 1.29 is 0 Å². The third kappa shape index (κ3) is 2.00. The van der Waals surface area contributed by atoms with Crippen molar-refractivity contribution in [1.82, 2.24) is 4.98 Å². The second-order valence-corrected chi connectivity index (χ2v) is 2.71. The summed E-state index contributed by atoms with van der Waals surface area (Å²) in [4.78, 5) is 3.25. The fraction of sp³-hybridized carbons (Fsp3) is 0.455. The second-order valence-electron chi connectivity index (χ2n) is 2.71. The molecule has 1 aromatic heterocycles. The molecular formula is C11H17N. The van der Waals surface area contributed by atoms with Crippen LogP contribution in [0.3, 0.4) is 0 Å². The Morgan fingerprint density at radius 2 is 2.17 bits per heavy atom. The van der Waals surface area contributed by atoms with Gasteiger partial charge in [-0.25, -0.2) is 0 Å². The van der Waals surface area contributed by atoms with E-state index in [1.54, 1.807) is 0 Å². The SMILES string of the molecule is C1=Cc2cc[nH]c2CCC1.CC. The van der Waals surface area contributed by atoms with Gasteiger partial charge in [0.25, 0.3) is 0 Å². The Morgan fingerprint density at radius 1 is 1.33 bits per heavy atom. The van der Waals surface area contributed by atoms with Gasteiger partial charge < -0.3 is 4.98 Å². The van der Waals surface area contributed by atoms with E-state index in [0.717, 1.165) is 0 Å². The molecular weight excluding hydrogens is 146 g/mol. The monoisotopic (exact) mass is 163 g/mol. The molecule has 1 aromatic rings. The summed E-state index contributed by atoms with van der Waals surface area (Å²) >= 11 is 0. The van der Waals surface area contributed by atoms with Gasteiger partial charge in [-0.15, -0.1) is 0 Å². The van der Waals surface area contributed by atoms with E-state index in [1.165, 1.54) is 30.5 Å². The summed E-state index contributed by atoms with van der Waals surface area (Å²) in [6.07, 6.45) is 10.2. The molecule has 0 fully saturated rings. The van der Waals surface area contributed by atoms with E-state index in [4.69, 9.17) is 0 Å². The van der Waals surface area contributed by atoms with Gasteiger partial charge in [0.15, 0.2) is 0 Å². The van der Waals surface area contributed by atoms with E-state index in [1.807, 2.05) is 20.0 Å². The summed E-state index contributed by atoms with van der Waals surface area (Å²) in [6, 6.07) is 2.14. The van der Waals surface area contributed by atoms with E-state index in [0.29, 0.717) is 0 Å². The summed E-state index contributed by atoms with van der Waals surface area (Å²) in [7, 11) is 0. The maximum absolute atomic E-state index is 3.25. The number of hydrogen-bond donors (Lipinski definition) is 1. The molecule has 0 aromatic carbocycles. The zero-order valence-corrected chi connectivity index (χ0v) is 7.93. The molecule has 1 nitrogen and oxygen atoms in total. The van der Waals surface area contributed by atoms with Crippen molar-refractivity contribution in [2.45, 2.75) is 33.1 Å². The minimum absolute atomic E-state index is 1.20.